The molecule has 4 heterocycles. The van der Waals surface area contributed by atoms with E-state index in [4.69, 9.17) is 19.9 Å². The first-order valence-electron chi connectivity index (χ1n) is 43.3. The molecule has 4 aromatic heterocycles. The molecule has 0 aliphatic rings. The van der Waals surface area contributed by atoms with E-state index in [0.717, 1.165) is 176 Å². The van der Waals surface area contributed by atoms with Crippen molar-refractivity contribution in [2.45, 2.75) is 162 Å². The number of fused-ring (bicyclic) bond motifs is 16. The first-order valence-corrected chi connectivity index (χ1v) is 43.3. The van der Waals surface area contributed by atoms with Crippen molar-refractivity contribution in [1.29, 1.82) is 0 Å². The Morgan fingerprint density at radius 1 is 0.242 bits per heavy atom. The summed E-state index contributed by atoms with van der Waals surface area (Å²) in [6.45, 7) is 41.8. The fourth-order valence-corrected chi connectivity index (χ4v) is 22.3. The SMILES string of the molecule is Cc1cc(C)c(-c2cc3c4nc5cc6ccc7cc8nc9c%10cc(-c%11c(C)cc(C)cc%11C)cc%11c%12c(=O)n(-c%13c(C(C)C)cc(O)cc%13C(C)C)c(=O)c%12c%12cc(-c%13c(C)cc(C)cc%13C)cc(c9nc8cc7ccc6cc5nc4c4cc(-c5c(C)cc(C)cc5C)cc5c6c(=O)n(-c7c(C(C)C)cc(O)cc7C(C)C)c(=O)c6c(c2)c3c45)c%12c%10%11)c(C)c1. The van der Waals surface area contributed by atoms with Gasteiger partial charge in [0.2, 0.25) is 0 Å². The fourth-order valence-electron chi connectivity index (χ4n) is 22.3. The highest BCUT2D eigenvalue weighted by molar-refractivity contribution is 6.42. The molecule has 21 rings (SSSR count). The minimum absolute atomic E-state index is 0.0812. The predicted molar refractivity (Wildman–Crippen MR) is 518 cm³/mol. The van der Waals surface area contributed by atoms with Crippen LogP contribution >= 0.6 is 0 Å². The monoisotopic (exact) mass is 1620 g/mol. The summed E-state index contributed by atoms with van der Waals surface area (Å²) in [5.74, 6) is -0.473. The molecular weight excluding hydrogens is 1530 g/mol. The number of hydrogen-bond acceptors (Lipinski definition) is 10. The van der Waals surface area contributed by atoms with Crippen LogP contribution in [0.15, 0.2) is 189 Å². The van der Waals surface area contributed by atoms with Gasteiger partial charge in [-0.05, 0) is 358 Å². The first kappa shape index (κ1) is 77.5. The van der Waals surface area contributed by atoms with E-state index in [0.29, 0.717) is 121 Å². The molecule has 0 radical (unpaired) electrons. The van der Waals surface area contributed by atoms with E-state index in [1.807, 2.05) is 55.4 Å². The normalized spacial score (nSPS) is 12.5. The minimum Gasteiger partial charge on any atom is -0.508 e. The third-order valence-electron chi connectivity index (χ3n) is 27.0. The Bertz CT molecular complexity index is 7670. The van der Waals surface area contributed by atoms with Gasteiger partial charge in [-0.2, -0.15) is 0 Å². The van der Waals surface area contributed by atoms with Crippen LogP contribution in [0.25, 0.3) is 208 Å². The lowest BCUT2D eigenvalue weighted by Gasteiger charge is -2.20. The summed E-state index contributed by atoms with van der Waals surface area (Å²) in [7, 11) is 0. The Hall–Kier alpha value is -13.8. The van der Waals surface area contributed by atoms with Gasteiger partial charge in [0.1, 0.15) is 11.5 Å². The number of aromatic nitrogens is 6. The van der Waals surface area contributed by atoms with Crippen LogP contribution < -0.4 is 22.2 Å². The molecule has 0 aliphatic carbocycles. The van der Waals surface area contributed by atoms with Gasteiger partial charge < -0.3 is 10.2 Å². The molecule has 0 spiro atoms. The summed E-state index contributed by atoms with van der Waals surface area (Å²) in [6.07, 6.45) is 0. The molecule has 0 fully saturated rings. The molecule has 0 atom stereocenters. The summed E-state index contributed by atoms with van der Waals surface area (Å²) < 4.78 is 2.82. The molecule has 0 bridgehead atoms. The second-order valence-electron chi connectivity index (χ2n) is 37.3. The van der Waals surface area contributed by atoms with Gasteiger partial charge in [0.05, 0.1) is 77.1 Å². The van der Waals surface area contributed by atoms with E-state index in [9.17, 15) is 10.2 Å². The molecule has 21 aromatic rings. The van der Waals surface area contributed by atoms with Gasteiger partial charge >= 0.3 is 0 Å². The van der Waals surface area contributed by atoms with Gasteiger partial charge in [0.25, 0.3) is 22.2 Å². The summed E-state index contributed by atoms with van der Waals surface area (Å²) >= 11 is 0. The highest BCUT2D eigenvalue weighted by Gasteiger charge is 2.34. The van der Waals surface area contributed by atoms with Crippen LogP contribution in [-0.2, 0) is 0 Å². The zero-order valence-corrected chi connectivity index (χ0v) is 73.7. The summed E-state index contributed by atoms with van der Waals surface area (Å²) in [4.78, 5) is 89.0. The molecular formula is C112H94N6O6. The number of aromatic hydroxyl groups is 2. The molecule has 0 unspecified atom stereocenters. The fraction of sp³-hybridized carbons (Fsp3) is 0.214. The molecule has 0 saturated carbocycles. The Kier molecular flexibility index (Phi) is 17.1. The highest BCUT2D eigenvalue weighted by Crippen LogP contribution is 2.52. The van der Waals surface area contributed by atoms with Crippen molar-refractivity contribution >= 4 is 152 Å². The summed E-state index contributed by atoms with van der Waals surface area (Å²) in [5, 5.41) is 36.9. The van der Waals surface area contributed by atoms with Crippen molar-refractivity contribution in [2.75, 3.05) is 0 Å². The smallest absolute Gasteiger partial charge is 0.266 e. The highest BCUT2D eigenvalue weighted by atomic mass is 16.3. The molecule has 2 N–H and O–H groups in total. The van der Waals surface area contributed by atoms with Crippen LogP contribution in [0.2, 0.25) is 0 Å². The zero-order valence-electron chi connectivity index (χ0n) is 73.7. The van der Waals surface area contributed by atoms with E-state index in [1.54, 1.807) is 24.3 Å². The quantitative estimate of drug-likeness (QED) is 0.0992. The van der Waals surface area contributed by atoms with Crippen LogP contribution in [0.1, 0.15) is 168 Å². The Labute approximate surface area is 716 Å². The van der Waals surface area contributed by atoms with Crippen LogP contribution in [0.5, 0.6) is 11.5 Å². The molecule has 17 aromatic carbocycles. The number of phenols is 2. The third kappa shape index (κ3) is 11.3. The van der Waals surface area contributed by atoms with Gasteiger partial charge in [-0.1, -0.05) is 150 Å². The van der Waals surface area contributed by atoms with Crippen LogP contribution in [-0.4, -0.2) is 39.3 Å². The van der Waals surface area contributed by atoms with Gasteiger partial charge in [-0.15, -0.1) is 0 Å². The molecule has 0 aliphatic heterocycles. The van der Waals surface area contributed by atoms with E-state index in [2.05, 4.69) is 229 Å². The lowest BCUT2D eigenvalue weighted by atomic mass is 9.84. The average Bonchev–Trinajstić information content (AvgIpc) is 1.30. The van der Waals surface area contributed by atoms with Crippen molar-refractivity contribution in [3.8, 4) is 67.4 Å². The summed E-state index contributed by atoms with van der Waals surface area (Å²) in [5.41, 5.74) is 28.3. The van der Waals surface area contributed by atoms with Crippen molar-refractivity contribution in [3.05, 3.63) is 300 Å². The molecule has 12 heteroatoms. The van der Waals surface area contributed by atoms with E-state index < -0.39 is 22.2 Å². The maximum absolute atomic E-state index is 16.4. The molecule has 124 heavy (non-hydrogen) atoms. The van der Waals surface area contributed by atoms with Crippen molar-refractivity contribution in [2.24, 2.45) is 0 Å². The number of hydrogen-bond donors (Lipinski definition) is 2. The van der Waals surface area contributed by atoms with Gasteiger partial charge in [-0.25, -0.2) is 29.1 Å². The number of aryl methyl sites for hydroxylation is 12. The van der Waals surface area contributed by atoms with Gasteiger partial charge in [0.15, 0.2) is 0 Å². The van der Waals surface area contributed by atoms with E-state index >= 15 is 19.2 Å². The maximum atomic E-state index is 16.4. The van der Waals surface area contributed by atoms with Crippen LogP contribution in [0.4, 0.5) is 0 Å². The average molecular weight is 1620 g/mol. The predicted octanol–water partition coefficient (Wildman–Crippen LogP) is 27.0. The third-order valence-corrected chi connectivity index (χ3v) is 27.0. The Morgan fingerprint density at radius 3 is 0.613 bits per heavy atom. The van der Waals surface area contributed by atoms with Crippen LogP contribution in [0, 0.1) is 83.1 Å². The van der Waals surface area contributed by atoms with E-state index in [1.165, 1.54) is 9.13 Å². The standard InChI is InChI=1S/C112H94N6O6/c1-49(2)75-45-73(119)46-76(50(3)4)107(75)117-109(121)99-79-33-69(91-57(13)25-53(9)26-58(91)14)37-83-95(79)96-80(100(99)110(117)122)34-70(92-59(15)27-54(10)28-60(92)16)38-84(96)104-103(83)113-87-41-65-21-23-67-43-89-90(44-68(67)24-22-66(65)42-88(87)114-104)116-106-86-40-72(94-63(19)31-56(12)32-64(94)20)36-82-98(86)97-81(35-71(39-85(97)105(106)115-89)93-61(17)29-55(11)30-62(93)18)101-102(82)112(124)118(111(101)123)108-77(51(5)6)47-74(120)48-78(108)52(7)8/h21-52,119-120H,1-20H3. The molecule has 0 saturated heterocycles. The van der Waals surface area contributed by atoms with Gasteiger partial charge in [0, 0.05) is 43.1 Å². The molecule has 12 nitrogen and oxygen atoms in total. The number of phenolic OH excluding ortho intramolecular Hbond substituents is 2. The summed E-state index contributed by atoms with van der Waals surface area (Å²) in [6, 6.07) is 59.0. The second-order valence-corrected chi connectivity index (χ2v) is 37.3. The number of benzene rings is 16. The number of rotatable bonds is 10. The molecule has 608 valence electrons. The molecule has 0 amide bonds. The Morgan fingerprint density at radius 2 is 0.427 bits per heavy atom. The van der Waals surface area contributed by atoms with Gasteiger partial charge in [-0.3, -0.25) is 19.2 Å². The first-order chi connectivity index (χ1) is 59.2. The van der Waals surface area contributed by atoms with Crippen molar-refractivity contribution in [1.82, 2.24) is 29.1 Å². The lowest BCUT2D eigenvalue weighted by molar-refractivity contribution is 0.472. The van der Waals surface area contributed by atoms with E-state index in [-0.39, 0.29) is 35.2 Å². The van der Waals surface area contributed by atoms with Crippen molar-refractivity contribution in [3.63, 3.8) is 0 Å². The zero-order chi connectivity index (χ0) is 86.7. The maximum Gasteiger partial charge on any atom is 0.266 e. The largest absolute Gasteiger partial charge is 0.508 e. The minimum atomic E-state index is -0.417. The van der Waals surface area contributed by atoms with Crippen LogP contribution in [0.3, 0.4) is 0 Å². The Balaban J connectivity index is 0.853. The van der Waals surface area contributed by atoms with Crippen molar-refractivity contribution < 1.29 is 10.2 Å². The second kappa shape index (κ2) is 27.3. The topological polar surface area (TPSA) is 170 Å². The lowest BCUT2D eigenvalue weighted by Crippen LogP contribution is -2.26. The number of nitrogens with zero attached hydrogens (tertiary/aromatic N) is 6.